The van der Waals surface area contributed by atoms with E-state index in [-0.39, 0.29) is 16.7 Å². The van der Waals surface area contributed by atoms with Gasteiger partial charge in [-0.05, 0) is 81.4 Å². The molecule has 4 bridgehead atoms. The predicted octanol–water partition coefficient (Wildman–Crippen LogP) is 4.37. The van der Waals surface area contributed by atoms with E-state index in [2.05, 4.69) is 10.5 Å². The second-order valence-corrected chi connectivity index (χ2v) is 8.43. The van der Waals surface area contributed by atoms with Crippen LogP contribution in [-0.4, -0.2) is 16.7 Å². The van der Waals surface area contributed by atoms with Crippen molar-refractivity contribution in [2.75, 3.05) is 0 Å². The number of benzene rings is 1. The molecular formula is C19H23ClN2O2. The number of halogens is 1. The minimum absolute atomic E-state index is 0.0837. The van der Waals surface area contributed by atoms with Crippen LogP contribution in [0.25, 0.3) is 0 Å². The third-order valence-corrected chi connectivity index (χ3v) is 6.57. The molecule has 0 saturated heterocycles. The first-order chi connectivity index (χ1) is 11.4. The van der Waals surface area contributed by atoms with Gasteiger partial charge in [-0.1, -0.05) is 11.6 Å². The number of phenols is 1. The van der Waals surface area contributed by atoms with Crippen LogP contribution in [0, 0.1) is 23.2 Å². The van der Waals surface area contributed by atoms with Gasteiger partial charge in [-0.2, -0.15) is 5.10 Å². The number of aromatic hydroxyl groups is 1. The highest BCUT2D eigenvalue weighted by molar-refractivity contribution is 6.31. The van der Waals surface area contributed by atoms with Crippen molar-refractivity contribution in [3.05, 3.63) is 28.8 Å². The van der Waals surface area contributed by atoms with E-state index in [1.807, 2.05) is 6.92 Å². The standard InChI is InChI=1S/C19H23ClN2O2/c1-11(19-8-12-4-13(9-19)6-14(5-12)10-19)21-22-18(24)16-7-15(20)2-3-17(16)23/h2-3,7,12-14,23H,4-6,8-10H2,1H3,(H,22,24)/b21-11+. The fourth-order valence-corrected chi connectivity index (χ4v) is 5.73. The van der Waals surface area contributed by atoms with Crippen LogP contribution in [0.2, 0.25) is 5.02 Å². The highest BCUT2D eigenvalue weighted by Crippen LogP contribution is 2.60. The normalized spacial score (nSPS) is 34.4. The highest BCUT2D eigenvalue weighted by Gasteiger charge is 2.52. The van der Waals surface area contributed by atoms with E-state index < -0.39 is 5.91 Å². The molecule has 1 aromatic rings. The van der Waals surface area contributed by atoms with Crippen molar-refractivity contribution in [3.63, 3.8) is 0 Å². The van der Waals surface area contributed by atoms with Gasteiger partial charge in [0, 0.05) is 16.1 Å². The molecule has 24 heavy (non-hydrogen) atoms. The second-order valence-electron chi connectivity index (χ2n) is 8.00. The number of hydrazone groups is 1. The van der Waals surface area contributed by atoms with Crippen molar-refractivity contribution < 1.29 is 9.90 Å². The average Bonchev–Trinajstić information content (AvgIpc) is 2.53. The zero-order valence-electron chi connectivity index (χ0n) is 13.9. The summed E-state index contributed by atoms with van der Waals surface area (Å²) in [5.41, 5.74) is 4.00. The van der Waals surface area contributed by atoms with Gasteiger partial charge in [-0.3, -0.25) is 4.79 Å². The molecule has 0 aliphatic heterocycles. The van der Waals surface area contributed by atoms with Crippen LogP contribution in [0.15, 0.2) is 23.3 Å². The Morgan fingerprint density at radius 2 is 1.79 bits per heavy atom. The lowest BCUT2D eigenvalue weighted by atomic mass is 9.48. The largest absolute Gasteiger partial charge is 0.507 e. The highest BCUT2D eigenvalue weighted by atomic mass is 35.5. The number of amides is 1. The zero-order valence-corrected chi connectivity index (χ0v) is 14.6. The molecule has 4 aliphatic rings. The Balaban J connectivity index is 1.51. The number of carbonyl (C=O) groups excluding carboxylic acids is 1. The molecule has 0 aromatic heterocycles. The fourth-order valence-electron chi connectivity index (χ4n) is 5.56. The first-order valence-electron chi connectivity index (χ1n) is 8.79. The van der Waals surface area contributed by atoms with Gasteiger partial charge in [0.05, 0.1) is 5.56 Å². The fraction of sp³-hybridized carbons (Fsp3) is 0.579. The van der Waals surface area contributed by atoms with Gasteiger partial charge in [0.25, 0.3) is 5.91 Å². The topological polar surface area (TPSA) is 61.7 Å². The maximum Gasteiger partial charge on any atom is 0.275 e. The number of nitrogens with one attached hydrogen (secondary N) is 1. The average molecular weight is 347 g/mol. The van der Waals surface area contributed by atoms with Gasteiger partial charge in [-0.25, -0.2) is 5.43 Å². The quantitative estimate of drug-likeness (QED) is 0.630. The van der Waals surface area contributed by atoms with Crippen LogP contribution >= 0.6 is 11.6 Å². The lowest BCUT2D eigenvalue weighted by molar-refractivity contribution is -0.0128. The van der Waals surface area contributed by atoms with Crippen molar-refractivity contribution in [3.8, 4) is 5.75 Å². The molecule has 0 unspecified atom stereocenters. The Bertz CT molecular complexity index is 678. The van der Waals surface area contributed by atoms with Gasteiger partial charge >= 0.3 is 0 Å². The first-order valence-corrected chi connectivity index (χ1v) is 9.16. The Kier molecular flexibility index (Phi) is 3.83. The van der Waals surface area contributed by atoms with E-state index >= 15 is 0 Å². The molecule has 4 saturated carbocycles. The molecule has 5 rings (SSSR count). The minimum atomic E-state index is -0.418. The van der Waals surface area contributed by atoms with Gasteiger partial charge in [0.2, 0.25) is 0 Å². The Morgan fingerprint density at radius 3 is 2.38 bits per heavy atom. The van der Waals surface area contributed by atoms with Gasteiger partial charge in [0.15, 0.2) is 0 Å². The Labute approximate surface area is 147 Å². The molecule has 2 N–H and O–H groups in total. The van der Waals surface area contributed by atoms with E-state index in [1.165, 1.54) is 50.7 Å². The van der Waals surface area contributed by atoms with Crippen molar-refractivity contribution >= 4 is 23.2 Å². The number of rotatable bonds is 3. The number of carbonyl (C=O) groups is 1. The van der Waals surface area contributed by atoms with Crippen molar-refractivity contribution in [1.82, 2.24) is 5.43 Å². The maximum absolute atomic E-state index is 12.3. The lowest BCUT2D eigenvalue weighted by Gasteiger charge is -2.56. The lowest BCUT2D eigenvalue weighted by Crippen LogP contribution is -2.49. The summed E-state index contributed by atoms with van der Waals surface area (Å²) < 4.78 is 0. The summed E-state index contributed by atoms with van der Waals surface area (Å²) in [6.45, 7) is 2.05. The molecule has 1 amide bonds. The zero-order chi connectivity index (χ0) is 16.9. The van der Waals surface area contributed by atoms with Crippen molar-refractivity contribution in [1.29, 1.82) is 0 Å². The molecule has 0 radical (unpaired) electrons. The maximum atomic E-state index is 12.3. The number of phenolic OH excluding ortho intramolecular Hbond substituents is 1. The van der Waals surface area contributed by atoms with Crippen LogP contribution in [0.5, 0.6) is 5.75 Å². The predicted molar refractivity (Wildman–Crippen MR) is 94.3 cm³/mol. The van der Waals surface area contributed by atoms with Crippen LogP contribution < -0.4 is 5.43 Å². The summed E-state index contributed by atoms with van der Waals surface area (Å²) in [5, 5.41) is 14.7. The smallest absolute Gasteiger partial charge is 0.275 e. The van der Waals surface area contributed by atoms with E-state index in [4.69, 9.17) is 11.6 Å². The van der Waals surface area contributed by atoms with Crippen LogP contribution in [0.3, 0.4) is 0 Å². The summed E-state index contributed by atoms with van der Waals surface area (Å²) >= 11 is 5.91. The summed E-state index contributed by atoms with van der Waals surface area (Å²) in [7, 11) is 0. The molecule has 1 aromatic carbocycles. The van der Waals surface area contributed by atoms with E-state index in [0.717, 1.165) is 23.5 Å². The van der Waals surface area contributed by atoms with Crippen molar-refractivity contribution in [2.45, 2.75) is 45.4 Å². The summed E-state index contributed by atoms with van der Waals surface area (Å²) in [4.78, 5) is 12.3. The molecule has 0 atom stereocenters. The van der Waals surface area contributed by atoms with Crippen molar-refractivity contribution in [2.24, 2.45) is 28.3 Å². The minimum Gasteiger partial charge on any atom is -0.507 e. The molecule has 4 aliphatic carbocycles. The third-order valence-electron chi connectivity index (χ3n) is 6.33. The van der Waals surface area contributed by atoms with E-state index in [9.17, 15) is 9.90 Å². The second kappa shape index (κ2) is 5.76. The van der Waals surface area contributed by atoms with Gasteiger partial charge in [0.1, 0.15) is 5.75 Å². The van der Waals surface area contributed by atoms with Gasteiger partial charge < -0.3 is 5.11 Å². The molecule has 128 valence electrons. The van der Waals surface area contributed by atoms with Gasteiger partial charge in [-0.15, -0.1) is 0 Å². The number of hydrogen-bond donors (Lipinski definition) is 2. The molecule has 5 heteroatoms. The SMILES string of the molecule is C/C(=N\NC(=O)c1cc(Cl)ccc1O)C12CC3CC(CC(C3)C1)C2. The van der Waals surface area contributed by atoms with Crippen LogP contribution in [0.1, 0.15) is 55.8 Å². The summed E-state index contributed by atoms with van der Waals surface area (Å²) in [6.07, 6.45) is 7.80. The number of nitrogens with zero attached hydrogens (tertiary/aromatic N) is 1. The van der Waals surface area contributed by atoms with E-state index in [0.29, 0.717) is 5.02 Å². The molecular weight excluding hydrogens is 324 g/mol. The molecule has 0 heterocycles. The number of hydrogen-bond acceptors (Lipinski definition) is 3. The molecule has 0 spiro atoms. The monoisotopic (exact) mass is 346 g/mol. The molecule has 4 nitrogen and oxygen atoms in total. The van der Waals surface area contributed by atoms with Crippen LogP contribution in [-0.2, 0) is 0 Å². The Hall–Kier alpha value is -1.55. The van der Waals surface area contributed by atoms with E-state index in [1.54, 1.807) is 6.07 Å². The van der Waals surface area contributed by atoms with Crippen LogP contribution in [0.4, 0.5) is 0 Å². The summed E-state index contributed by atoms with van der Waals surface area (Å²) in [6, 6.07) is 4.44. The molecule has 4 fully saturated rings. The third kappa shape index (κ3) is 2.71. The summed E-state index contributed by atoms with van der Waals surface area (Å²) in [5.74, 6) is 2.02. The Morgan fingerprint density at radius 1 is 1.21 bits per heavy atom. The first kappa shape index (κ1) is 15.9.